The highest BCUT2D eigenvalue weighted by atomic mass is 32.1. The summed E-state index contributed by atoms with van der Waals surface area (Å²) in [5.74, 6) is 0.190. The van der Waals surface area contributed by atoms with Gasteiger partial charge in [0.1, 0.15) is 5.69 Å². The maximum Gasteiger partial charge on any atom is 0.270 e. The smallest absolute Gasteiger partial charge is 0.270 e. The summed E-state index contributed by atoms with van der Waals surface area (Å²) in [4.78, 5) is 14.4. The Morgan fingerprint density at radius 1 is 1.29 bits per heavy atom. The molecular formula is C13H16N2OS. The normalized spacial score (nSPS) is 16.6. The molecule has 1 fully saturated rings. The second-order valence-corrected chi connectivity index (χ2v) is 5.56. The number of likely N-dealkylation sites (tertiary alicyclic amines) is 1. The molecule has 0 radical (unpaired) electrons. The fraction of sp³-hybridized carbons (Fsp3) is 0.462. The van der Waals surface area contributed by atoms with Crippen LogP contribution in [0.1, 0.15) is 29.8 Å². The molecule has 0 bridgehead atoms. The van der Waals surface area contributed by atoms with Gasteiger partial charge < -0.3 is 9.47 Å². The lowest BCUT2D eigenvalue weighted by atomic mass is 10.1. The largest absolute Gasteiger partial charge is 0.339 e. The van der Waals surface area contributed by atoms with E-state index in [4.69, 9.17) is 0 Å². The third kappa shape index (κ3) is 1.76. The molecular weight excluding hydrogens is 232 g/mol. The summed E-state index contributed by atoms with van der Waals surface area (Å²) in [5.41, 5.74) is 1.99. The maximum absolute atomic E-state index is 12.4. The number of carbonyl (C=O) groups excluding carboxylic acids is 1. The van der Waals surface area contributed by atoms with Crippen molar-refractivity contribution in [3.05, 3.63) is 23.2 Å². The molecule has 0 spiro atoms. The van der Waals surface area contributed by atoms with Gasteiger partial charge in [0.05, 0.1) is 10.2 Å². The van der Waals surface area contributed by atoms with Crippen molar-refractivity contribution in [3.8, 4) is 0 Å². The van der Waals surface area contributed by atoms with E-state index in [-0.39, 0.29) is 5.91 Å². The third-order valence-corrected chi connectivity index (χ3v) is 4.38. The van der Waals surface area contributed by atoms with Crippen LogP contribution >= 0.6 is 11.3 Å². The van der Waals surface area contributed by atoms with E-state index < -0.39 is 0 Å². The van der Waals surface area contributed by atoms with Crippen molar-refractivity contribution in [2.45, 2.75) is 19.3 Å². The van der Waals surface area contributed by atoms with E-state index in [9.17, 15) is 4.79 Å². The Morgan fingerprint density at radius 2 is 2.06 bits per heavy atom. The highest BCUT2D eigenvalue weighted by Crippen LogP contribution is 2.25. The first-order valence-corrected chi connectivity index (χ1v) is 6.97. The predicted octanol–water partition coefficient (Wildman–Crippen LogP) is 2.87. The number of nitrogens with zero attached hydrogens (tertiary/aromatic N) is 2. The molecule has 0 aliphatic carbocycles. The van der Waals surface area contributed by atoms with Crippen LogP contribution in [0, 0.1) is 0 Å². The minimum Gasteiger partial charge on any atom is -0.339 e. The summed E-state index contributed by atoms with van der Waals surface area (Å²) in [6.07, 6.45) is 3.54. The molecule has 0 atom stereocenters. The molecule has 3 heterocycles. The predicted molar refractivity (Wildman–Crippen MR) is 70.6 cm³/mol. The molecule has 1 saturated heterocycles. The van der Waals surface area contributed by atoms with Crippen molar-refractivity contribution in [1.29, 1.82) is 0 Å². The molecule has 1 aliphatic rings. The number of rotatable bonds is 1. The summed E-state index contributed by atoms with van der Waals surface area (Å²) in [6, 6.07) is 4.10. The van der Waals surface area contributed by atoms with E-state index in [1.807, 2.05) is 22.6 Å². The average molecular weight is 248 g/mol. The Kier molecular flexibility index (Phi) is 2.67. The van der Waals surface area contributed by atoms with E-state index in [0.717, 1.165) is 37.1 Å². The van der Waals surface area contributed by atoms with Gasteiger partial charge in [-0.2, -0.15) is 0 Å². The van der Waals surface area contributed by atoms with Gasteiger partial charge in [0.15, 0.2) is 0 Å². The fourth-order valence-corrected chi connectivity index (χ4v) is 3.36. The topological polar surface area (TPSA) is 25.2 Å². The summed E-state index contributed by atoms with van der Waals surface area (Å²) < 4.78 is 3.22. The molecule has 0 unspecified atom stereocenters. The zero-order chi connectivity index (χ0) is 11.8. The SMILES string of the molecule is Cn1c(C(=O)N2CCCCC2)cc2sccc21. The van der Waals surface area contributed by atoms with Crippen LogP contribution in [0.4, 0.5) is 0 Å². The molecule has 0 aromatic carbocycles. The number of carbonyl (C=O) groups is 1. The van der Waals surface area contributed by atoms with Crippen molar-refractivity contribution in [2.75, 3.05) is 13.1 Å². The zero-order valence-corrected chi connectivity index (χ0v) is 10.8. The lowest BCUT2D eigenvalue weighted by Gasteiger charge is -2.26. The molecule has 0 N–H and O–H groups in total. The molecule has 3 rings (SSSR count). The summed E-state index contributed by atoms with van der Waals surface area (Å²) in [5, 5.41) is 2.07. The van der Waals surface area contributed by atoms with Crippen molar-refractivity contribution in [2.24, 2.45) is 7.05 Å². The molecule has 2 aromatic heterocycles. The minimum absolute atomic E-state index is 0.190. The molecule has 0 saturated carbocycles. The highest BCUT2D eigenvalue weighted by molar-refractivity contribution is 7.17. The van der Waals surface area contributed by atoms with Crippen LogP contribution in [0.5, 0.6) is 0 Å². The lowest BCUT2D eigenvalue weighted by molar-refractivity contribution is 0.0715. The lowest BCUT2D eigenvalue weighted by Crippen LogP contribution is -2.36. The number of aryl methyl sites for hydroxylation is 1. The van der Waals surface area contributed by atoms with Crippen molar-refractivity contribution < 1.29 is 4.79 Å². The number of hydrogen-bond acceptors (Lipinski definition) is 2. The van der Waals surface area contributed by atoms with Gasteiger partial charge in [-0.15, -0.1) is 11.3 Å². The van der Waals surface area contributed by atoms with Gasteiger partial charge in [-0.3, -0.25) is 4.79 Å². The van der Waals surface area contributed by atoms with E-state index in [2.05, 4.69) is 11.4 Å². The van der Waals surface area contributed by atoms with Crippen LogP contribution < -0.4 is 0 Å². The first kappa shape index (κ1) is 10.8. The second-order valence-electron chi connectivity index (χ2n) is 4.61. The van der Waals surface area contributed by atoms with Crippen molar-refractivity contribution >= 4 is 27.5 Å². The number of thiophene rings is 1. The third-order valence-electron chi connectivity index (χ3n) is 3.53. The number of fused-ring (bicyclic) bond motifs is 1. The Labute approximate surface area is 105 Å². The molecule has 3 nitrogen and oxygen atoms in total. The first-order chi connectivity index (χ1) is 8.27. The number of amides is 1. The van der Waals surface area contributed by atoms with E-state index in [1.165, 1.54) is 11.1 Å². The summed E-state index contributed by atoms with van der Waals surface area (Å²) in [7, 11) is 1.98. The molecule has 4 heteroatoms. The molecule has 2 aromatic rings. The van der Waals surface area contributed by atoms with Crippen molar-refractivity contribution in [1.82, 2.24) is 9.47 Å². The van der Waals surface area contributed by atoms with Crippen LogP contribution in [0.15, 0.2) is 17.5 Å². The number of piperidine rings is 1. The van der Waals surface area contributed by atoms with E-state index in [1.54, 1.807) is 11.3 Å². The molecule has 1 amide bonds. The number of aromatic nitrogens is 1. The van der Waals surface area contributed by atoms with Gasteiger partial charge in [0.2, 0.25) is 0 Å². The quantitative estimate of drug-likeness (QED) is 0.762. The monoisotopic (exact) mass is 248 g/mol. The maximum atomic E-state index is 12.4. The fourth-order valence-electron chi connectivity index (χ4n) is 2.51. The van der Waals surface area contributed by atoms with Crippen molar-refractivity contribution in [3.63, 3.8) is 0 Å². The second kappa shape index (κ2) is 4.18. The van der Waals surface area contributed by atoms with Gasteiger partial charge in [0.25, 0.3) is 5.91 Å². The molecule has 17 heavy (non-hydrogen) atoms. The Bertz CT molecular complexity index is 549. The number of hydrogen-bond donors (Lipinski definition) is 0. The van der Waals surface area contributed by atoms with Crippen LogP contribution in [-0.4, -0.2) is 28.5 Å². The van der Waals surface area contributed by atoms with Gasteiger partial charge in [0, 0.05) is 20.1 Å². The van der Waals surface area contributed by atoms with Gasteiger partial charge in [-0.1, -0.05) is 0 Å². The highest BCUT2D eigenvalue weighted by Gasteiger charge is 2.21. The summed E-state index contributed by atoms with van der Waals surface area (Å²) in [6.45, 7) is 1.83. The van der Waals surface area contributed by atoms with Gasteiger partial charge >= 0.3 is 0 Å². The summed E-state index contributed by atoms with van der Waals surface area (Å²) >= 11 is 1.69. The van der Waals surface area contributed by atoms with Crippen LogP contribution in [0.2, 0.25) is 0 Å². The average Bonchev–Trinajstić information content (AvgIpc) is 2.93. The zero-order valence-electron chi connectivity index (χ0n) is 9.98. The molecule has 90 valence electrons. The molecule has 1 aliphatic heterocycles. The first-order valence-electron chi connectivity index (χ1n) is 6.09. The van der Waals surface area contributed by atoms with E-state index >= 15 is 0 Å². The Hall–Kier alpha value is -1.29. The van der Waals surface area contributed by atoms with Crippen LogP contribution in [-0.2, 0) is 7.05 Å². The minimum atomic E-state index is 0.190. The Morgan fingerprint density at radius 3 is 2.76 bits per heavy atom. The van der Waals surface area contributed by atoms with Gasteiger partial charge in [-0.25, -0.2) is 0 Å². The van der Waals surface area contributed by atoms with Crippen LogP contribution in [0.3, 0.4) is 0 Å². The van der Waals surface area contributed by atoms with E-state index in [0.29, 0.717) is 0 Å². The van der Waals surface area contributed by atoms with Gasteiger partial charge in [-0.05, 0) is 36.8 Å². The standard InChI is InChI=1S/C13H16N2OS/c1-14-10-5-8-17-12(10)9-11(14)13(16)15-6-3-2-4-7-15/h5,8-9H,2-4,6-7H2,1H3. The van der Waals surface area contributed by atoms with Crippen LogP contribution in [0.25, 0.3) is 10.2 Å². The Balaban J connectivity index is 1.94.